The van der Waals surface area contributed by atoms with Crippen molar-refractivity contribution in [1.29, 1.82) is 0 Å². The van der Waals surface area contributed by atoms with Gasteiger partial charge in [-0.25, -0.2) is 13.1 Å². The van der Waals surface area contributed by atoms with E-state index in [4.69, 9.17) is 5.73 Å². The predicted octanol–water partition coefficient (Wildman–Crippen LogP) is 3.13. The summed E-state index contributed by atoms with van der Waals surface area (Å²) in [5, 5.41) is 0. The van der Waals surface area contributed by atoms with Crippen LogP contribution in [0.15, 0.2) is 45.8 Å². The van der Waals surface area contributed by atoms with E-state index in [1.54, 1.807) is 19.9 Å². The molecule has 2 rings (SSSR count). The Morgan fingerprint density at radius 1 is 1.14 bits per heavy atom. The lowest BCUT2D eigenvalue weighted by atomic mass is 10.1. The Kier molecular flexibility index (Phi) is 4.70. The highest BCUT2D eigenvalue weighted by Gasteiger charge is 2.20. The summed E-state index contributed by atoms with van der Waals surface area (Å²) in [7, 11) is -3.65. The number of aryl methyl sites for hydroxylation is 2. The van der Waals surface area contributed by atoms with E-state index in [1.807, 2.05) is 30.3 Å². The molecule has 3 N–H and O–H groups in total. The zero-order chi connectivity index (χ0) is 15.6. The Morgan fingerprint density at radius 2 is 1.81 bits per heavy atom. The minimum Gasteiger partial charge on any atom is -0.397 e. The molecule has 0 aliphatic carbocycles. The van der Waals surface area contributed by atoms with Crippen molar-refractivity contribution in [2.24, 2.45) is 0 Å². The van der Waals surface area contributed by atoms with Crippen molar-refractivity contribution in [2.45, 2.75) is 25.3 Å². The quantitative estimate of drug-likeness (QED) is 0.814. The van der Waals surface area contributed by atoms with E-state index in [-0.39, 0.29) is 11.4 Å². The van der Waals surface area contributed by atoms with Crippen molar-refractivity contribution in [2.75, 3.05) is 5.73 Å². The highest BCUT2D eigenvalue weighted by atomic mass is 79.9. The van der Waals surface area contributed by atoms with E-state index in [1.165, 1.54) is 0 Å². The SMILES string of the molecule is Cc1ccc(C)c(S(=O)(=O)NCc2cccc(Br)c2)c1N. The lowest BCUT2D eigenvalue weighted by Crippen LogP contribution is -2.25. The average Bonchev–Trinajstić information content (AvgIpc) is 2.41. The standard InChI is InChI=1S/C15H17BrN2O2S/c1-10-6-7-11(2)15(14(10)17)21(19,20)18-9-12-4-3-5-13(16)8-12/h3-8,18H,9,17H2,1-2H3. The molecule has 21 heavy (non-hydrogen) atoms. The Morgan fingerprint density at radius 3 is 2.48 bits per heavy atom. The Bertz CT molecular complexity index is 773. The molecule has 0 amide bonds. The fourth-order valence-electron chi connectivity index (χ4n) is 2.06. The van der Waals surface area contributed by atoms with Crippen molar-refractivity contribution in [3.63, 3.8) is 0 Å². The van der Waals surface area contributed by atoms with Crippen LogP contribution in [0.3, 0.4) is 0 Å². The van der Waals surface area contributed by atoms with Crippen molar-refractivity contribution < 1.29 is 8.42 Å². The summed E-state index contributed by atoms with van der Waals surface area (Å²) >= 11 is 3.36. The van der Waals surface area contributed by atoms with Gasteiger partial charge in [0.25, 0.3) is 0 Å². The molecule has 6 heteroatoms. The third-order valence-corrected chi connectivity index (χ3v) is 5.33. The second-order valence-corrected chi connectivity index (χ2v) is 7.52. The van der Waals surface area contributed by atoms with Crippen LogP contribution in [0.2, 0.25) is 0 Å². The van der Waals surface area contributed by atoms with Crippen LogP contribution in [-0.2, 0) is 16.6 Å². The predicted molar refractivity (Wildman–Crippen MR) is 88.5 cm³/mol. The van der Waals surface area contributed by atoms with Gasteiger partial charge >= 0.3 is 0 Å². The van der Waals surface area contributed by atoms with Gasteiger partial charge in [-0.3, -0.25) is 0 Å². The fourth-order valence-corrected chi connectivity index (χ4v) is 3.95. The number of halogens is 1. The van der Waals surface area contributed by atoms with Crippen LogP contribution in [0.4, 0.5) is 5.69 Å². The van der Waals surface area contributed by atoms with Crippen molar-refractivity contribution in [3.05, 3.63) is 57.6 Å². The van der Waals surface area contributed by atoms with Crippen LogP contribution in [-0.4, -0.2) is 8.42 Å². The highest BCUT2D eigenvalue weighted by Crippen LogP contribution is 2.25. The molecular weight excluding hydrogens is 352 g/mol. The first-order valence-electron chi connectivity index (χ1n) is 6.41. The third kappa shape index (κ3) is 3.64. The molecule has 0 radical (unpaired) electrons. The molecule has 0 unspecified atom stereocenters. The summed E-state index contributed by atoms with van der Waals surface area (Å²) in [6, 6.07) is 11.1. The van der Waals surface area contributed by atoms with Gasteiger partial charge in [-0.1, -0.05) is 40.2 Å². The second kappa shape index (κ2) is 6.17. The Hall–Kier alpha value is -1.37. The zero-order valence-electron chi connectivity index (χ0n) is 11.9. The zero-order valence-corrected chi connectivity index (χ0v) is 14.3. The summed E-state index contributed by atoms with van der Waals surface area (Å²) in [6.45, 7) is 3.75. The Labute approximate surface area is 133 Å². The molecule has 2 aromatic carbocycles. The monoisotopic (exact) mass is 368 g/mol. The smallest absolute Gasteiger partial charge is 0.243 e. The third-order valence-electron chi connectivity index (χ3n) is 3.24. The van der Waals surface area contributed by atoms with Crippen molar-refractivity contribution >= 4 is 31.6 Å². The molecule has 0 fully saturated rings. The molecule has 0 spiro atoms. The number of anilines is 1. The van der Waals surface area contributed by atoms with Crippen molar-refractivity contribution in [3.8, 4) is 0 Å². The number of benzene rings is 2. The summed E-state index contributed by atoms with van der Waals surface area (Å²) in [6.07, 6.45) is 0. The van der Waals surface area contributed by atoms with Crippen molar-refractivity contribution in [1.82, 2.24) is 4.72 Å². The van der Waals surface area contributed by atoms with Gasteiger partial charge in [0.05, 0.1) is 5.69 Å². The van der Waals surface area contributed by atoms with Gasteiger partial charge in [-0.15, -0.1) is 0 Å². The highest BCUT2D eigenvalue weighted by molar-refractivity contribution is 9.10. The normalized spacial score (nSPS) is 11.6. The first kappa shape index (κ1) is 16.0. The maximum atomic E-state index is 12.5. The molecule has 0 atom stereocenters. The first-order chi connectivity index (χ1) is 9.81. The summed E-state index contributed by atoms with van der Waals surface area (Å²) < 4.78 is 28.5. The van der Waals surface area contributed by atoms with E-state index >= 15 is 0 Å². The lowest BCUT2D eigenvalue weighted by Gasteiger charge is -2.13. The number of nitrogens with one attached hydrogen (secondary N) is 1. The molecule has 0 saturated heterocycles. The van der Waals surface area contributed by atoms with Gasteiger partial charge in [-0.2, -0.15) is 0 Å². The molecule has 4 nitrogen and oxygen atoms in total. The summed E-state index contributed by atoms with van der Waals surface area (Å²) in [5.41, 5.74) is 8.50. The van der Waals surface area contributed by atoms with Crippen LogP contribution in [0, 0.1) is 13.8 Å². The van der Waals surface area contributed by atoms with E-state index in [2.05, 4.69) is 20.7 Å². The number of nitrogen functional groups attached to an aromatic ring is 1. The van der Waals surface area contributed by atoms with Crippen LogP contribution in [0.5, 0.6) is 0 Å². The van der Waals surface area contributed by atoms with E-state index in [9.17, 15) is 8.42 Å². The molecule has 0 saturated carbocycles. The Balaban J connectivity index is 2.29. The van der Waals surface area contributed by atoms with Crippen LogP contribution in [0.1, 0.15) is 16.7 Å². The number of hydrogen-bond donors (Lipinski definition) is 2. The molecule has 0 aliphatic heterocycles. The first-order valence-corrected chi connectivity index (χ1v) is 8.68. The van der Waals surface area contributed by atoms with E-state index in [0.29, 0.717) is 11.3 Å². The molecule has 0 aliphatic rings. The molecule has 0 aromatic heterocycles. The molecular formula is C15H17BrN2O2S. The maximum absolute atomic E-state index is 12.5. The summed E-state index contributed by atoms with van der Waals surface area (Å²) in [5.74, 6) is 0. The minimum atomic E-state index is -3.65. The number of nitrogens with two attached hydrogens (primary N) is 1. The molecule has 0 bridgehead atoms. The minimum absolute atomic E-state index is 0.164. The number of rotatable bonds is 4. The van der Waals surface area contributed by atoms with Gasteiger partial charge in [0.15, 0.2) is 0 Å². The van der Waals surface area contributed by atoms with Gasteiger partial charge in [0.1, 0.15) is 4.90 Å². The van der Waals surface area contributed by atoms with Crippen LogP contribution < -0.4 is 10.5 Å². The molecule has 112 valence electrons. The lowest BCUT2D eigenvalue weighted by molar-refractivity contribution is 0.581. The van der Waals surface area contributed by atoms with Gasteiger partial charge in [0, 0.05) is 11.0 Å². The number of hydrogen-bond acceptors (Lipinski definition) is 3. The molecule has 0 heterocycles. The average molecular weight is 369 g/mol. The fraction of sp³-hybridized carbons (Fsp3) is 0.200. The van der Waals surface area contributed by atoms with Crippen LogP contribution >= 0.6 is 15.9 Å². The van der Waals surface area contributed by atoms with Gasteiger partial charge < -0.3 is 5.73 Å². The van der Waals surface area contributed by atoms with E-state index < -0.39 is 10.0 Å². The maximum Gasteiger partial charge on any atom is 0.243 e. The van der Waals surface area contributed by atoms with E-state index in [0.717, 1.165) is 15.6 Å². The summed E-state index contributed by atoms with van der Waals surface area (Å²) in [4.78, 5) is 0.164. The molecule has 2 aromatic rings. The second-order valence-electron chi connectivity index (χ2n) is 4.90. The largest absolute Gasteiger partial charge is 0.397 e. The van der Waals surface area contributed by atoms with Gasteiger partial charge in [-0.05, 0) is 42.7 Å². The van der Waals surface area contributed by atoms with Crippen LogP contribution in [0.25, 0.3) is 0 Å². The topological polar surface area (TPSA) is 72.2 Å². The number of sulfonamides is 1. The van der Waals surface area contributed by atoms with Gasteiger partial charge in [0.2, 0.25) is 10.0 Å².